The summed E-state index contributed by atoms with van der Waals surface area (Å²) in [5.74, 6) is 0. The summed E-state index contributed by atoms with van der Waals surface area (Å²) in [5.41, 5.74) is 0. The van der Waals surface area contributed by atoms with Crippen molar-refractivity contribution in [2.75, 3.05) is 26.2 Å². The Bertz CT molecular complexity index is 234. The van der Waals surface area contributed by atoms with E-state index >= 15 is 0 Å². The molecule has 1 heterocycles. The van der Waals surface area contributed by atoms with Gasteiger partial charge in [-0.1, -0.05) is 0 Å². The van der Waals surface area contributed by atoms with Gasteiger partial charge in [-0.05, 0) is 0 Å². The largest absolute Gasteiger partial charge is 0.522 e. The summed E-state index contributed by atoms with van der Waals surface area (Å²) in [6.45, 7) is 0.0984. The van der Waals surface area contributed by atoms with Crippen molar-refractivity contribution in [1.29, 1.82) is 0 Å². The monoisotopic (exact) mass is 228 g/mol. The number of carbonyl (C=O) groups is 1. The molecule has 2 N–H and O–H groups in total. The van der Waals surface area contributed by atoms with Crippen molar-refractivity contribution in [3.05, 3.63) is 0 Å². The molecule has 8 heteroatoms. The maximum atomic E-state index is 11.7. The van der Waals surface area contributed by atoms with Gasteiger partial charge in [0, 0.05) is 19.6 Å². The minimum Gasteiger partial charge on any atom is -0.465 e. The second-order valence-corrected chi connectivity index (χ2v) is 3.09. The molecule has 0 saturated carbocycles. The van der Waals surface area contributed by atoms with Crippen LogP contribution in [0.4, 0.5) is 18.0 Å². The van der Waals surface area contributed by atoms with E-state index in [1.54, 1.807) is 0 Å². The molecular weight excluding hydrogens is 217 g/mol. The lowest BCUT2D eigenvalue weighted by atomic mass is 10.2. The predicted molar refractivity (Wildman–Crippen MR) is 43.4 cm³/mol. The highest BCUT2D eigenvalue weighted by Crippen LogP contribution is 2.17. The van der Waals surface area contributed by atoms with Crippen molar-refractivity contribution in [3.63, 3.8) is 0 Å². The first-order valence-corrected chi connectivity index (χ1v) is 4.31. The molecule has 1 rings (SSSR count). The summed E-state index contributed by atoms with van der Waals surface area (Å²) in [6, 6.07) is -0.794. The minimum atomic E-state index is -4.72. The van der Waals surface area contributed by atoms with E-state index in [4.69, 9.17) is 5.11 Å². The number of nitrogens with zero attached hydrogens (tertiary/aromatic N) is 1. The molecule has 88 valence electrons. The normalized spacial score (nSPS) is 22.9. The van der Waals surface area contributed by atoms with Gasteiger partial charge in [0.1, 0.15) is 0 Å². The number of piperazine rings is 1. The first kappa shape index (κ1) is 12.1. The molecule has 0 aromatic heterocycles. The third kappa shape index (κ3) is 3.92. The molecule has 5 nitrogen and oxygen atoms in total. The zero-order valence-corrected chi connectivity index (χ0v) is 7.75. The fourth-order valence-electron chi connectivity index (χ4n) is 1.35. The van der Waals surface area contributed by atoms with Gasteiger partial charge in [0.05, 0.1) is 12.6 Å². The molecule has 15 heavy (non-hydrogen) atoms. The summed E-state index contributed by atoms with van der Waals surface area (Å²) in [6.07, 6.45) is -5.95. The number of ether oxygens (including phenoxy) is 1. The lowest BCUT2D eigenvalue weighted by molar-refractivity contribution is -0.328. The Morgan fingerprint density at radius 1 is 1.60 bits per heavy atom. The molecular formula is C7H11F3N2O3. The van der Waals surface area contributed by atoms with Crippen LogP contribution in [0.15, 0.2) is 0 Å². The molecule has 1 fully saturated rings. The van der Waals surface area contributed by atoms with Gasteiger partial charge in [0.25, 0.3) is 0 Å². The van der Waals surface area contributed by atoms with Crippen molar-refractivity contribution < 1.29 is 27.8 Å². The van der Waals surface area contributed by atoms with Crippen molar-refractivity contribution >= 4 is 6.09 Å². The van der Waals surface area contributed by atoms with Gasteiger partial charge < -0.3 is 15.3 Å². The van der Waals surface area contributed by atoms with Crippen molar-refractivity contribution in [2.24, 2.45) is 0 Å². The van der Waals surface area contributed by atoms with E-state index in [0.29, 0.717) is 6.54 Å². The lowest BCUT2D eigenvalue weighted by Crippen LogP contribution is -2.55. The van der Waals surface area contributed by atoms with Crippen LogP contribution in [0.2, 0.25) is 0 Å². The van der Waals surface area contributed by atoms with Crippen LogP contribution in [0.5, 0.6) is 0 Å². The molecule has 0 aromatic rings. The predicted octanol–water partition coefficient (Wildman–Crippen LogP) is 0.475. The van der Waals surface area contributed by atoms with Crippen LogP contribution in [0.25, 0.3) is 0 Å². The number of alkyl halides is 3. The number of nitrogens with one attached hydrogen (secondary N) is 1. The van der Waals surface area contributed by atoms with E-state index in [-0.39, 0.29) is 13.1 Å². The Hall–Kier alpha value is -1.02. The number of carboxylic acid groups (broad SMARTS) is 1. The van der Waals surface area contributed by atoms with E-state index in [2.05, 4.69) is 10.1 Å². The Balaban J connectivity index is 2.46. The van der Waals surface area contributed by atoms with Gasteiger partial charge in [0.15, 0.2) is 0 Å². The lowest BCUT2D eigenvalue weighted by Gasteiger charge is -2.33. The highest BCUT2D eigenvalue weighted by molar-refractivity contribution is 5.65. The standard InChI is InChI=1S/C7H11F3N2O3/c8-7(9,10)15-4-5-3-11-1-2-12(5)6(13)14/h5,11H,1-4H2,(H,13,14). The average molecular weight is 228 g/mol. The first-order chi connectivity index (χ1) is 6.90. The Morgan fingerprint density at radius 3 is 2.80 bits per heavy atom. The van der Waals surface area contributed by atoms with Crippen LogP contribution in [-0.2, 0) is 4.74 Å². The fourth-order valence-corrected chi connectivity index (χ4v) is 1.35. The van der Waals surface area contributed by atoms with Crippen LogP contribution in [0.3, 0.4) is 0 Å². The van der Waals surface area contributed by atoms with Crippen LogP contribution in [-0.4, -0.2) is 54.7 Å². The van der Waals surface area contributed by atoms with Crippen molar-refractivity contribution in [3.8, 4) is 0 Å². The highest BCUT2D eigenvalue weighted by Gasteiger charge is 2.34. The van der Waals surface area contributed by atoms with Crippen LogP contribution in [0, 0.1) is 0 Å². The van der Waals surface area contributed by atoms with Crippen molar-refractivity contribution in [1.82, 2.24) is 10.2 Å². The van der Waals surface area contributed by atoms with Crippen molar-refractivity contribution in [2.45, 2.75) is 12.4 Å². The molecule has 1 aliphatic rings. The van der Waals surface area contributed by atoms with Gasteiger partial charge in [-0.25, -0.2) is 4.79 Å². The zero-order chi connectivity index (χ0) is 11.5. The smallest absolute Gasteiger partial charge is 0.465 e. The topological polar surface area (TPSA) is 61.8 Å². The van der Waals surface area contributed by atoms with Gasteiger partial charge >= 0.3 is 12.5 Å². The van der Waals surface area contributed by atoms with Crippen LogP contribution < -0.4 is 5.32 Å². The minimum absolute atomic E-state index is 0.168. The molecule has 0 spiro atoms. The molecule has 0 bridgehead atoms. The first-order valence-electron chi connectivity index (χ1n) is 4.31. The summed E-state index contributed by atoms with van der Waals surface area (Å²) in [4.78, 5) is 11.6. The molecule has 1 amide bonds. The van der Waals surface area contributed by atoms with E-state index in [9.17, 15) is 18.0 Å². The number of hydrogen-bond acceptors (Lipinski definition) is 3. The molecule has 1 saturated heterocycles. The third-order valence-corrected chi connectivity index (χ3v) is 2.04. The molecule has 1 unspecified atom stereocenters. The molecule has 0 radical (unpaired) electrons. The average Bonchev–Trinajstić information content (AvgIpc) is 2.14. The number of halogens is 3. The molecule has 1 atom stereocenters. The molecule has 0 aliphatic carbocycles. The third-order valence-electron chi connectivity index (χ3n) is 2.04. The Kier molecular flexibility index (Phi) is 3.75. The van der Waals surface area contributed by atoms with Gasteiger partial charge in [-0.2, -0.15) is 0 Å². The number of hydrogen-bond donors (Lipinski definition) is 2. The van der Waals surface area contributed by atoms with E-state index < -0.39 is 25.1 Å². The second kappa shape index (κ2) is 4.67. The van der Waals surface area contributed by atoms with Crippen LogP contribution in [0.1, 0.15) is 0 Å². The second-order valence-electron chi connectivity index (χ2n) is 3.09. The SMILES string of the molecule is O=C(O)N1CCNCC1COC(F)(F)F. The molecule has 1 aliphatic heterocycles. The Labute approximate surface area is 83.8 Å². The number of amides is 1. The van der Waals surface area contributed by atoms with Gasteiger partial charge in [0.2, 0.25) is 0 Å². The van der Waals surface area contributed by atoms with E-state index in [0.717, 1.165) is 4.90 Å². The highest BCUT2D eigenvalue weighted by atomic mass is 19.4. The quantitative estimate of drug-likeness (QED) is 0.721. The Morgan fingerprint density at radius 2 is 2.27 bits per heavy atom. The zero-order valence-electron chi connectivity index (χ0n) is 7.75. The van der Waals surface area contributed by atoms with Crippen LogP contribution >= 0.6 is 0 Å². The summed E-state index contributed by atoms with van der Waals surface area (Å²) in [5, 5.41) is 11.5. The van der Waals surface area contributed by atoms with Gasteiger partial charge in [-0.15, -0.1) is 13.2 Å². The summed E-state index contributed by atoms with van der Waals surface area (Å²) >= 11 is 0. The fraction of sp³-hybridized carbons (Fsp3) is 0.857. The molecule has 0 aromatic carbocycles. The maximum Gasteiger partial charge on any atom is 0.522 e. The maximum absolute atomic E-state index is 11.7. The van der Waals surface area contributed by atoms with E-state index in [1.165, 1.54) is 0 Å². The van der Waals surface area contributed by atoms with E-state index in [1.807, 2.05) is 0 Å². The van der Waals surface area contributed by atoms with Gasteiger partial charge in [-0.3, -0.25) is 4.74 Å². The summed E-state index contributed by atoms with van der Waals surface area (Å²) in [7, 11) is 0. The summed E-state index contributed by atoms with van der Waals surface area (Å²) < 4.78 is 38.8. The number of rotatable bonds is 2.